The van der Waals surface area contributed by atoms with E-state index in [0.717, 1.165) is 18.5 Å². The minimum atomic E-state index is 0. The molecule has 1 aliphatic carbocycles. The van der Waals surface area contributed by atoms with E-state index in [1.165, 1.54) is 12.7 Å². The molecule has 1 heterocycles. The van der Waals surface area contributed by atoms with Crippen LogP contribution in [0, 0.1) is 11.3 Å². The lowest BCUT2D eigenvalue weighted by atomic mass is 10.1. The van der Waals surface area contributed by atoms with Gasteiger partial charge in [0.1, 0.15) is 11.6 Å². The molecule has 0 aliphatic heterocycles. The first-order chi connectivity index (χ1) is 8.85. The van der Waals surface area contributed by atoms with E-state index in [-0.39, 0.29) is 1.43 Å². The summed E-state index contributed by atoms with van der Waals surface area (Å²) in [5.41, 5.74) is 2.44. The van der Waals surface area contributed by atoms with Gasteiger partial charge in [0, 0.05) is 14.2 Å². The average Bonchev–Trinajstić information content (AvgIpc) is 2.45. The summed E-state index contributed by atoms with van der Waals surface area (Å²) in [6.07, 6.45) is 10.3. The Kier molecular flexibility index (Phi) is 3.98. The van der Waals surface area contributed by atoms with Gasteiger partial charge in [0.2, 0.25) is 5.88 Å². The van der Waals surface area contributed by atoms with Gasteiger partial charge >= 0.3 is 0 Å². The molecule has 0 atom stereocenters. The van der Waals surface area contributed by atoms with E-state index in [4.69, 9.17) is 10.00 Å². The molecular weight excluding hydrogens is 226 g/mol. The summed E-state index contributed by atoms with van der Waals surface area (Å²) >= 11 is 0. The fourth-order valence-electron chi connectivity index (χ4n) is 1.85. The highest BCUT2D eigenvalue weighted by Crippen LogP contribution is 2.23. The number of nitriles is 1. The summed E-state index contributed by atoms with van der Waals surface area (Å²) in [5.74, 6) is 0.357. The van der Waals surface area contributed by atoms with Crippen LogP contribution in [0.2, 0.25) is 0 Å². The van der Waals surface area contributed by atoms with Gasteiger partial charge in [0.15, 0.2) is 0 Å². The van der Waals surface area contributed by atoms with Gasteiger partial charge in [-0.25, -0.2) is 4.98 Å². The van der Waals surface area contributed by atoms with Crippen molar-refractivity contribution >= 4 is 5.69 Å². The first-order valence-corrected chi connectivity index (χ1v) is 5.87. The lowest BCUT2D eigenvalue weighted by Gasteiger charge is -2.12. The quantitative estimate of drug-likeness (QED) is 0.883. The van der Waals surface area contributed by atoms with E-state index in [1.54, 1.807) is 12.3 Å². The fourth-order valence-corrected chi connectivity index (χ4v) is 1.85. The van der Waals surface area contributed by atoms with Crippen molar-refractivity contribution in [2.45, 2.75) is 12.8 Å². The van der Waals surface area contributed by atoms with E-state index in [2.05, 4.69) is 34.6 Å². The maximum Gasteiger partial charge on any atom is 0.233 e. The van der Waals surface area contributed by atoms with Crippen LogP contribution in [0.4, 0.5) is 5.69 Å². The highest BCUT2D eigenvalue weighted by atomic mass is 16.5. The van der Waals surface area contributed by atoms with Crippen molar-refractivity contribution in [3.05, 3.63) is 41.6 Å². The number of anilines is 1. The molecule has 1 aromatic rings. The summed E-state index contributed by atoms with van der Waals surface area (Å²) in [4.78, 5) is 4.01. The van der Waals surface area contributed by atoms with Crippen molar-refractivity contribution < 1.29 is 6.16 Å². The molecule has 0 fully saturated rings. The molecule has 4 nitrogen and oxygen atoms in total. The van der Waals surface area contributed by atoms with E-state index < -0.39 is 0 Å². The molecule has 2 rings (SSSR count). The zero-order chi connectivity index (χ0) is 12.8. The second kappa shape index (κ2) is 5.87. The molecule has 0 saturated heterocycles. The van der Waals surface area contributed by atoms with Gasteiger partial charge in [-0.1, -0.05) is 18.2 Å². The van der Waals surface area contributed by atoms with Crippen molar-refractivity contribution in [1.29, 1.82) is 5.26 Å². The second-order valence-electron chi connectivity index (χ2n) is 3.97. The van der Waals surface area contributed by atoms with Crippen LogP contribution in [-0.4, -0.2) is 18.6 Å². The molecular formula is C14H17N3O. The third kappa shape index (κ3) is 2.69. The summed E-state index contributed by atoms with van der Waals surface area (Å²) in [6, 6.07) is 3.90. The monoisotopic (exact) mass is 243 g/mol. The maximum atomic E-state index is 9.13. The minimum absolute atomic E-state index is 0. The molecule has 0 bridgehead atoms. The molecule has 1 aliphatic rings. The highest BCUT2D eigenvalue weighted by Gasteiger charge is 2.09. The number of rotatable bonds is 4. The standard InChI is InChI=1S/C14H15N3O.H2/c1-18-14-12(9-15)13(7-8-16-14)17-10-11-5-3-2-4-6-11;/h3,5-8H,2,4,10H2,1H3,(H,16,17);1H. The Hall–Kier alpha value is -2.28. The first-order valence-electron chi connectivity index (χ1n) is 5.87. The predicted octanol–water partition coefficient (Wildman–Crippen LogP) is 2.90. The molecule has 18 heavy (non-hydrogen) atoms. The van der Waals surface area contributed by atoms with Gasteiger partial charge in [-0.05, 0) is 24.5 Å². The van der Waals surface area contributed by atoms with Crippen molar-refractivity contribution in [2.75, 3.05) is 19.0 Å². The Bertz CT molecular complexity index is 532. The fraction of sp³-hybridized carbons (Fsp3) is 0.286. The Morgan fingerprint density at radius 1 is 1.56 bits per heavy atom. The average molecular weight is 243 g/mol. The summed E-state index contributed by atoms with van der Waals surface area (Å²) in [6.45, 7) is 0.707. The maximum absolute atomic E-state index is 9.13. The molecule has 0 aromatic carbocycles. The summed E-state index contributed by atoms with van der Waals surface area (Å²) in [7, 11) is 1.51. The van der Waals surface area contributed by atoms with E-state index in [9.17, 15) is 0 Å². The largest absolute Gasteiger partial charge is 0.480 e. The van der Waals surface area contributed by atoms with Crippen LogP contribution in [0.1, 0.15) is 19.8 Å². The lowest BCUT2D eigenvalue weighted by molar-refractivity contribution is 0.397. The van der Waals surface area contributed by atoms with Crippen LogP contribution in [0.25, 0.3) is 0 Å². The molecule has 94 valence electrons. The molecule has 0 spiro atoms. The van der Waals surface area contributed by atoms with Gasteiger partial charge in [-0.2, -0.15) is 5.26 Å². The topological polar surface area (TPSA) is 57.9 Å². The molecule has 0 amide bonds. The van der Waals surface area contributed by atoms with Gasteiger partial charge in [-0.3, -0.25) is 0 Å². The Morgan fingerprint density at radius 3 is 3.11 bits per heavy atom. The predicted molar refractivity (Wildman–Crippen MR) is 72.6 cm³/mol. The van der Waals surface area contributed by atoms with Crippen molar-refractivity contribution in [3.8, 4) is 11.9 Å². The smallest absolute Gasteiger partial charge is 0.233 e. The first kappa shape index (κ1) is 12.2. The summed E-state index contributed by atoms with van der Waals surface area (Å²) < 4.78 is 5.07. The molecule has 1 N–H and O–H groups in total. The third-order valence-corrected chi connectivity index (χ3v) is 2.78. The van der Waals surface area contributed by atoms with Crippen LogP contribution >= 0.6 is 0 Å². The minimum Gasteiger partial charge on any atom is -0.480 e. The number of hydrogen-bond acceptors (Lipinski definition) is 4. The van der Waals surface area contributed by atoms with Crippen LogP contribution in [0.15, 0.2) is 36.1 Å². The van der Waals surface area contributed by atoms with E-state index in [1.807, 2.05) is 0 Å². The number of methoxy groups -OCH3 is 1. The molecule has 0 saturated carbocycles. The number of nitrogens with one attached hydrogen (secondary N) is 1. The number of pyridine rings is 1. The molecule has 0 radical (unpaired) electrons. The summed E-state index contributed by atoms with van der Waals surface area (Å²) in [5, 5.41) is 12.4. The van der Waals surface area contributed by atoms with Gasteiger partial charge in [-0.15, -0.1) is 0 Å². The van der Waals surface area contributed by atoms with Crippen LogP contribution in [0.5, 0.6) is 5.88 Å². The van der Waals surface area contributed by atoms with E-state index >= 15 is 0 Å². The molecule has 1 aromatic heterocycles. The van der Waals surface area contributed by atoms with Crippen LogP contribution < -0.4 is 10.1 Å². The Morgan fingerprint density at radius 2 is 2.44 bits per heavy atom. The number of hydrogen-bond donors (Lipinski definition) is 1. The lowest BCUT2D eigenvalue weighted by Crippen LogP contribution is -2.07. The zero-order valence-corrected chi connectivity index (χ0v) is 10.3. The zero-order valence-electron chi connectivity index (χ0n) is 10.3. The van der Waals surface area contributed by atoms with Crippen molar-refractivity contribution in [3.63, 3.8) is 0 Å². The normalized spacial score (nSPS) is 13.7. The number of allylic oxidation sites excluding steroid dienone is 2. The van der Waals surface area contributed by atoms with Crippen LogP contribution in [-0.2, 0) is 0 Å². The van der Waals surface area contributed by atoms with E-state index in [0.29, 0.717) is 18.0 Å². The highest BCUT2D eigenvalue weighted by molar-refractivity contribution is 5.61. The van der Waals surface area contributed by atoms with Crippen molar-refractivity contribution in [1.82, 2.24) is 4.98 Å². The number of nitrogens with zero attached hydrogens (tertiary/aromatic N) is 2. The van der Waals surface area contributed by atoms with Crippen LogP contribution in [0.3, 0.4) is 0 Å². The second-order valence-corrected chi connectivity index (χ2v) is 3.97. The molecule has 0 unspecified atom stereocenters. The van der Waals surface area contributed by atoms with Gasteiger partial charge in [0.05, 0.1) is 12.8 Å². The SMILES string of the molecule is COc1nccc(NCC2=CCCC=C2)c1C#N.[HH]. The molecule has 4 heteroatoms. The van der Waals surface area contributed by atoms with Crippen molar-refractivity contribution in [2.24, 2.45) is 0 Å². The Balaban J connectivity index is 0.00000180. The number of aromatic nitrogens is 1. The van der Waals surface area contributed by atoms with Gasteiger partial charge < -0.3 is 10.1 Å². The number of ether oxygens (including phenoxy) is 1. The third-order valence-electron chi connectivity index (χ3n) is 2.78. The van der Waals surface area contributed by atoms with Gasteiger partial charge in [0.25, 0.3) is 0 Å². The Labute approximate surface area is 108 Å².